The van der Waals surface area contributed by atoms with Gasteiger partial charge in [-0.1, -0.05) is 0 Å². The summed E-state index contributed by atoms with van der Waals surface area (Å²) < 4.78 is 7.75. The van der Waals surface area contributed by atoms with Crippen LogP contribution in [0.5, 0.6) is 5.75 Å². The SMILES string of the molecule is Cc1cc(OCc2ccn(C(C)C)n2)c(C)cc1N. The number of ether oxygens (including phenoxy) is 1. The van der Waals surface area contributed by atoms with Crippen molar-refractivity contribution in [2.24, 2.45) is 0 Å². The second kappa shape index (κ2) is 5.34. The summed E-state index contributed by atoms with van der Waals surface area (Å²) in [5.41, 5.74) is 9.68. The van der Waals surface area contributed by atoms with Gasteiger partial charge in [0.15, 0.2) is 0 Å². The number of nitrogen functional groups attached to an aromatic ring is 1. The van der Waals surface area contributed by atoms with E-state index in [1.165, 1.54) is 0 Å². The average molecular weight is 259 g/mol. The summed E-state index contributed by atoms with van der Waals surface area (Å²) in [6.07, 6.45) is 1.98. The molecule has 0 spiro atoms. The second-order valence-corrected chi connectivity index (χ2v) is 5.14. The molecule has 102 valence electrons. The quantitative estimate of drug-likeness (QED) is 0.857. The Labute approximate surface area is 114 Å². The topological polar surface area (TPSA) is 53.1 Å². The van der Waals surface area contributed by atoms with Gasteiger partial charge in [-0.3, -0.25) is 4.68 Å². The maximum absolute atomic E-state index is 5.86. The zero-order valence-corrected chi connectivity index (χ0v) is 12.0. The van der Waals surface area contributed by atoms with Gasteiger partial charge in [0, 0.05) is 17.9 Å². The van der Waals surface area contributed by atoms with E-state index in [0.29, 0.717) is 12.6 Å². The molecule has 2 aromatic rings. The summed E-state index contributed by atoms with van der Waals surface area (Å²) in [6, 6.07) is 6.27. The summed E-state index contributed by atoms with van der Waals surface area (Å²) in [6.45, 7) is 8.66. The lowest BCUT2D eigenvalue weighted by Crippen LogP contribution is -2.04. The molecule has 0 atom stereocenters. The Morgan fingerprint density at radius 1 is 1.26 bits per heavy atom. The Balaban J connectivity index is 2.07. The number of aryl methyl sites for hydroxylation is 2. The molecule has 1 aromatic heterocycles. The van der Waals surface area contributed by atoms with Gasteiger partial charge < -0.3 is 10.5 Å². The van der Waals surface area contributed by atoms with Crippen molar-refractivity contribution in [1.29, 1.82) is 0 Å². The van der Waals surface area contributed by atoms with Crippen LogP contribution in [0.15, 0.2) is 24.4 Å². The molecular weight excluding hydrogens is 238 g/mol. The second-order valence-electron chi connectivity index (χ2n) is 5.14. The van der Waals surface area contributed by atoms with Crippen molar-refractivity contribution in [3.63, 3.8) is 0 Å². The van der Waals surface area contributed by atoms with Crippen LogP contribution < -0.4 is 10.5 Å². The number of hydrogen-bond acceptors (Lipinski definition) is 3. The molecule has 0 amide bonds. The molecule has 0 saturated heterocycles. The van der Waals surface area contributed by atoms with Crippen molar-refractivity contribution < 1.29 is 4.74 Å². The van der Waals surface area contributed by atoms with Gasteiger partial charge in [-0.15, -0.1) is 0 Å². The van der Waals surface area contributed by atoms with Gasteiger partial charge in [-0.25, -0.2) is 0 Å². The highest BCUT2D eigenvalue weighted by Gasteiger charge is 2.06. The predicted octanol–water partition coefficient (Wildman–Crippen LogP) is 3.24. The van der Waals surface area contributed by atoms with Crippen molar-refractivity contribution in [2.75, 3.05) is 5.73 Å². The van der Waals surface area contributed by atoms with E-state index in [-0.39, 0.29) is 0 Å². The molecule has 0 radical (unpaired) electrons. The van der Waals surface area contributed by atoms with Gasteiger partial charge in [-0.2, -0.15) is 5.10 Å². The number of nitrogens with two attached hydrogens (primary N) is 1. The van der Waals surface area contributed by atoms with Crippen molar-refractivity contribution in [2.45, 2.75) is 40.3 Å². The molecule has 0 unspecified atom stereocenters. The van der Waals surface area contributed by atoms with E-state index in [0.717, 1.165) is 28.3 Å². The smallest absolute Gasteiger partial charge is 0.132 e. The lowest BCUT2D eigenvalue weighted by Gasteiger charge is -2.10. The van der Waals surface area contributed by atoms with Crippen LogP contribution >= 0.6 is 0 Å². The minimum Gasteiger partial charge on any atom is -0.487 e. The fourth-order valence-corrected chi connectivity index (χ4v) is 1.86. The van der Waals surface area contributed by atoms with Crippen LogP contribution in [0.3, 0.4) is 0 Å². The van der Waals surface area contributed by atoms with E-state index in [2.05, 4.69) is 18.9 Å². The standard InChI is InChI=1S/C15H21N3O/c1-10(2)18-6-5-13(17-18)9-19-15-8-11(3)14(16)7-12(15)4/h5-8,10H,9,16H2,1-4H3. The lowest BCUT2D eigenvalue weighted by atomic mass is 10.1. The normalized spacial score (nSPS) is 11.0. The molecule has 4 heteroatoms. The minimum absolute atomic E-state index is 0.370. The van der Waals surface area contributed by atoms with Crippen LogP contribution in [0.1, 0.15) is 36.7 Å². The van der Waals surface area contributed by atoms with Crippen LogP contribution in [0, 0.1) is 13.8 Å². The highest BCUT2D eigenvalue weighted by atomic mass is 16.5. The summed E-state index contributed by atoms with van der Waals surface area (Å²) >= 11 is 0. The van der Waals surface area contributed by atoms with E-state index in [1.807, 2.05) is 42.9 Å². The summed E-state index contributed by atoms with van der Waals surface area (Å²) in [4.78, 5) is 0. The highest BCUT2D eigenvalue weighted by Crippen LogP contribution is 2.24. The third-order valence-corrected chi connectivity index (χ3v) is 3.13. The van der Waals surface area contributed by atoms with E-state index in [4.69, 9.17) is 10.5 Å². The van der Waals surface area contributed by atoms with Crippen molar-refractivity contribution >= 4 is 5.69 Å². The molecule has 0 aliphatic rings. The molecule has 4 nitrogen and oxygen atoms in total. The van der Waals surface area contributed by atoms with Crippen molar-refractivity contribution in [3.8, 4) is 5.75 Å². The zero-order valence-electron chi connectivity index (χ0n) is 12.0. The van der Waals surface area contributed by atoms with Crippen LogP contribution in [-0.4, -0.2) is 9.78 Å². The maximum atomic E-state index is 5.86. The Bertz CT molecular complexity index is 573. The molecule has 1 aromatic carbocycles. The highest BCUT2D eigenvalue weighted by molar-refractivity contribution is 5.53. The number of hydrogen-bond donors (Lipinski definition) is 1. The van der Waals surface area contributed by atoms with Crippen LogP contribution in [0.4, 0.5) is 5.69 Å². The third kappa shape index (κ3) is 3.08. The first-order chi connectivity index (χ1) is 8.97. The molecular formula is C15H21N3O. The monoisotopic (exact) mass is 259 g/mol. The largest absolute Gasteiger partial charge is 0.487 e. The first-order valence-corrected chi connectivity index (χ1v) is 6.51. The molecule has 0 saturated carbocycles. The van der Waals surface area contributed by atoms with Gasteiger partial charge in [-0.05, 0) is 57.0 Å². The number of rotatable bonds is 4. The zero-order chi connectivity index (χ0) is 14.0. The first-order valence-electron chi connectivity index (χ1n) is 6.51. The fourth-order valence-electron chi connectivity index (χ4n) is 1.86. The van der Waals surface area contributed by atoms with Gasteiger partial charge >= 0.3 is 0 Å². The molecule has 0 aliphatic carbocycles. The molecule has 2 rings (SSSR count). The van der Waals surface area contributed by atoms with Crippen molar-refractivity contribution in [1.82, 2.24) is 9.78 Å². The fraction of sp³-hybridized carbons (Fsp3) is 0.400. The van der Waals surface area contributed by atoms with Crippen LogP contribution in [-0.2, 0) is 6.61 Å². The van der Waals surface area contributed by atoms with E-state index in [1.54, 1.807) is 0 Å². The summed E-state index contributed by atoms with van der Waals surface area (Å²) in [5.74, 6) is 0.866. The molecule has 1 heterocycles. The average Bonchev–Trinajstić information content (AvgIpc) is 2.81. The summed E-state index contributed by atoms with van der Waals surface area (Å²) in [5, 5.41) is 4.46. The number of aromatic nitrogens is 2. The Hall–Kier alpha value is -1.97. The maximum Gasteiger partial charge on any atom is 0.132 e. The number of anilines is 1. The molecule has 2 N–H and O–H groups in total. The lowest BCUT2D eigenvalue weighted by molar-refractivity contribution is 0.296. The number of benzene rings is 1. The Morgan fingerprint density at radius 3 is 2.63 bits per heavy atom. The Kier molecular flexibility index (Phi) is 3.79. The minimum atomic E-state index is 0.370. The molecule has 19 heavy (non-hydrogen) atoms. The predicted molar refractivity (Wildman–Crippen MR) is 77.3 cm³/mol. The van der Waals surface area contributed by atoms with Gasteiger partial charge in [0.05, 0.1) is 5.69 Å². The third-order valence-electron chi connectivity index (χ3n) is 3.13. The number of nitrogens with zero attached hydrogens (tertiary/aromatic N) is 2. The van der Waals surface area contributed by atoms with Gasteiger partial charge in [0.25, 0.3) is 0 Å². The van der Waals surface area contributed by atoms with E-state index in [9.17, 15) is 0 Å². The van der Waals surface area contributed by atoms with E-state index < -0.39 is 0 Å². The molecule has 0 bridgehead atoms. The van der Waals surface area contributed by atoms with Gasteiger partial charge in [0.1, 0.15) is 12.4 Å². The first kappa shape index (κ1) is 13.5. The summed E-state index contributed by atoms with van der Waals surface area (Å²) in [7, 11) is 0. The van der Waals surface area contributed by atoms with Crippen LogP contribution in [0.2, 0.25) is 0 Å². The van der Waals surface area contributed by atoms with E-state index >= 15 is 0 Å². The van der Waals surface area contributed by atoms with Gasteiger partial charge in [0.2, 0.25) is 0 Å². The molecule has 0 aliphatic heterocycles. The van der Waals surface area contributed by atoms with Crippen LogP contribution in [0.25, 0.3) is 0 Å². The Morgan fingerprint density at radius 2 is 2.00 bits per heavy atom. The molecule has 0 fully saturated rings. The van der Waals surface area contributed by atoms with Crippen molar-refractivity contribution in [3.05, 3.63) is 41.2 Å².